The van der Waals surface area contributed by atoms with E-state index in [2.05, 4.69) is 5.32 Å². The number of ether oxygens (including phenoxy) is 3. The van der Waals surface area contributed by atoms with E-state index in [1.807, 2.05) is 19.1 Å². The summed E-state index contributed by atoms with van der Waals surface area (Å²) in [6.07, 6.45) is 0. The van der Waals surface area contributed by atoms with Crippen molar-refractivity contribution in [1.82, 2.24) is 0 Å². The van der Waals surface area contributed by atoms with Gasteiger partial charge in [-0.1, -0.05) is 6.07 Å². The zero-order valence-electron chi connectivity index (χ0n) is 12.5. The molecule has 1 atom stereocenters. The van der Waals surface area contributed by atoms with Crippen LogP contribution in [0.1, 0.15) is 5.56 Å². The third-order valence-electron chi connectivity index (χ3n) is 2.62. The monoisotopic (exact) mass is 318 g/mol. The summed E-state index contributed by atoms with van der Waals surface area (Å²) < 4.78 is 15.4. The summed E-state index contributed by atoms with van der Waals surface area (Å²) in [5.74, 6) is 0.285. The number of rotatable bonds is 8. The van der Waals surface area contributed by atoms with Crippen molar-refractivity contribution in [3.63, 3.8) is 0 Å². The fourth-order valence-electron chi connectivity index (χ4n) is 1.57. The van der Waals surface area contributed by atoms with Crippen LogP contribution in [0.15, 0.2) is 18.2 Å². The van der Waals surface area contributed by atoms with Gasteiger partial charge in [-0.3, -0.25) is 4.79 Å². The molecule has 1 rings (SSSR count). The third-order valence-corrected chi connectivity index (χ3v) is 2.62. The lowest BCUT2D eigenvalue weighted by molar-refractivity contribution is -0.118. The van der Waals surface area contributed by atoms with Gasteiger partial charge in [0.05, 0.1) is 18.9 Å². The van der Waals surface area contributed by atoms with Gasteiger partial charge in [-0.25, -0.2) is 0 Å². The Kier molecular flexibility index (Phi) is 9.73. The van der Waals surface area contributed by atoms with Crippen LogP contribution in [0.5, 0.6) is 5.75 Å². The molecular weight excluding hydrogens is 296 g/mol. The molecule has 0 saturated carbocycles. The maximum Gasteiger partial charge on any atom is 0.243 e. The fraction of sp³-hybridized carbons (Fsp3) is 0.500. The number of hydrogen-bond donors (Lipinski definition) is 2. The molecular formula is C14H23ClN2O4. The van der Waals surface area contributed by atoms with Gasteiger partial charge < -0.3 is 25.3 Å². The largest absolute Gasteiger partial charge is 0.489 e. The molecule has 3 N–H and O–H groups in total. The summed E-state index contributed by atoms with van der Waals surface area (Å²) in [7, 11) is 3.10. The Morgan fingerprint density at radius 3 is 2.62 bits per heavy atom. The molecule has 0 aromatic heterocycles. The highest BCUT2D eigenvalue weighted by molar-refractivity contribution is 5.96. The van der Waals surface area contributed by atoms with E-state index in [0.717, 1.165) is 5.56 Å². The van der Waals surface area contributed by atoms with Crippen molar-refractivity contribution >= 4 is 24.0 Å². The minimum atomic E-state index is -0.715. The molecule has 7 heteroatoms. The van der Waals surface area contributed by atoms with Gasteiger partial charge in [0.1, 0.15) is 18.4 Å². The highest BCUT2D eigenvalue weighted by Crippen LogP contribution is 2.25. The predicted octanol–water partition coefficient (Wildman–Crippen LogP) is 1.35. The van der Waals surface area contributed by atoms with E-state index in [-0.39, 0.29) is 24.9 Å². The zero-order chi connectivity index (χ0) is 15.0. The second kappa shape index (κ2) is 10.4. The van der Waals surface area contributed by atoms with Gasteiger partial charge in [0.2, 0.25) is 5.91 Å². The first-order chi connectivity index (χ1) is 9.58. The molecule has 0 spiro atoms. The lowest BCUT2D eigenvalue weighted by Crippen LogP contribution is -2.39. The second-order valence-electron chi connectivity index (χ2n) is 4.39. The maximum absolute atomic E-state index is 11.9. The number of aryl methyl sites for hydroxylation is 1. The van der Waals surface area contributed by atoms with Crippen molar-refractivity contribution < 1.29 is 19.0 Å². The molecule has 1 aromatic carbocycles. The van der Waals surface area contributed by atoms with Crippen LogP contribution in [0.3, 0.4) is 0 Å². The zero-order valence-corrected chi connectivity index (χ0v) is 13.4. The molecule has 1 aromatic rings. The molecule has 0 bridgehead atoms. The first-order valence-corrected chi connectivity index (χ1v) is 6.36. The van der Waals surface area contributed by atoms with E-state index in [1.54, 1.807) is 13.2 Å². The van der Waals surface area contributed by atoms with Crippen LogP contribution < -0.4 is 15.8 Å². The first kappa shape index (κ1) is 19.7. The van der Waals surface area contributed by atoms with E-state index in [4.69, 9.17) is 19.9 Å². The fourth-order valence-corrected chi connectivity index (χ4v) is 1.57. The summed E-state index contributed by atoms with van der Waals surface area (Å²) in [4.78, 5) is 11.9. The van der Waals surface area contributed by atoms with E-state index >= 15 is 0 Å². The second-order valence-corrected chi connectivity index (χ2v) is 4.39. The number of carbonyl (C=O) groups is 1. The van der Waals surface area contributed by atoms with Crippen LogP contribution in [0.25, 0.3) is 0 Å². The van der Waals surface area contributed by atoms with Crippen LogP contribution in [-0.4, -0.2) is 46.0 Å². The van der Waals surface area contributed by atoms with Gasteiger partial charge in [0.15, 0.2) is 0 Å². The molecule has 21 heavy (non-hydrogen) atoms. The average molecular weight is 319 g/mol. The summed E-state index contributed by atoms with van der Waals surface area (Å²) in [5, 5.41) is 2.74. The Bertz CT molecular complexity index is 443. The first-order valence-electron chi connectivity index (χ1n) is 6.36. The molecule has 1 amide bonds. The summed E-state index contributed by atoms with van der Waals surface area (Å²) >= 11 is 0. The molecule has 6 nitrogen and oxygen atoms in total. The van der Waals surface area contributed by atoms with Crippen LogP contribution in [-0.2, 0) is 14.3 Å². The summed E-state index contributed by atoms with van der Waals surface area (Å²) in [5.41, 5.74) is 7.30. The lowest BCUT2D eigenvalue weighted by Gasteiger charge is -2.15. The van der Waals surface area contributed by atoms with Gasteiger partial charge in [-0.05, 0) is 24.6 Å². The molecule has 0 radical (unpaired) electrons. The minimum Gasteiger partial charge on any atom is -0.489 e. The van der Waals surface area contributed by atoms with Gasteiger partial charge in [-0.2, -0.15) is 0 Å². The third kappa shape index (κ3) is 6.77. The molecule has 0 saturated heterocycles. The molecule has 1 unspecified atom stereocenters. The van der Waals surface area contributed by atoms with Crippen molar-refractivity contribution in [2.24, 2.45) is 5.73 Å². The topological polar surface area (TPSA) is 82.8 Å². The van der Waals surface area contributed by atoms with Crippen LogP contribution in [0.4, 0.5) is 5.69 Å². The molecule has 0 aliphatic rings. The molecule has 0 heterocycles. The Balaban J connectivity index is 0.00000400. The van der Waals surface area contributed by atoms with Crippen LogP contribution in [0, 0.1) is 6.92 Å². The van der Waals surface area contributed by atoms with Crippen LogP contribution in [0.2, 0.25) is 0 Å². The van der Waals surface area contributed by atoms with Crippen molar-refractivity contribution in [1.29, 1.82) is 0 Å². The number of nitrogens with two attached hydrogens (primary N) is 1. The molecule has 0 aliphatic heterocycles. The predicted molar refractivity (Wildman–Crippen MR) is 84.3 cm³/mol. The van der Waals surface area contributed by atoms with Crippen molar-refractivity contribution in [3.8, 4) is 5.75 Å². The number of amides is 1. The highest BCUT2D eigenvalue weighted by atomic mass is 35.5. The Hall–Kier alpha value is -1.34. The number of nitrogens with one attached hydrogen (secondary N) is 1. The number of anilines is 1. The smallest absolute Gasteiger partial charge is 0.243 e. The van der Waals surface area contributed by atoms with Gasteiger partial charge in [-0.15, -0.1) is 12.4 Å². The maximum atomic E-state index is 11.9. The number of halogens is 1. The van der Waals surface area contributed by atoms with Gasteiger partial charge in [0.25, 0.3) is 0 Å². The SMILES string of the molecule is COCCOc1cc(C)ccc1NC(=O)C(N)COC.Cl. The molecule has 120 valence electrons. The summed E-state index contributed by atoms with van der Waals surface area (Å²) in [6.45, 7) is 3.00. The average Bonchev–Trinajstić information content (AvgIpc) is 2.42. The standard InChI is InChI=1S/C14H22N2O4.ClH/c1-10-4-5-12(13(8-10)20-7-6-18-2)16-14(17)11(15)9-19-3;/h4-5,8,11H,6-7,9,15H2,1-3H3,(H,16,17);1H. The van der Waals surface area contributed by atoms with Crippen molar-refractivity contribution in [2.45, 2.75) is 13.0 Å². The summed E-state index contributed by atoms with van der Waals surface area (Å²) in [6, 6.07) is 4.82. The Morgan fingerprint density at radius 2 is 2.00 bits per heavy atom. The number of carbonyl (C=O) groups excluding carboxylic acids is 1. The minimum absolute atomic E-state index is 0. The number of hydrogen-bond acceptors (Lipinski definition) is 5. The van der Waals surface area contributed by atoms with Gasteiger partial charge in [0, 0.05) is 14.2 Å². The van der Waals surface area contributed by atoms with E-state index in [1.165, 1.54) is 7.11 Å². The highest BCUT2D eigenvalue weighted by Gasteiger charge is 2.15. The lowest BCUT2D eigenvalue weighted by atomic mass is 10.2. The Labute approximate surface area is 131 Å². The number of methoxy groups -OCH3 is 2. The van der Waals surface area contributed by atoms with Gasteiger partial charge >= 0.3 is 0 Å². The van der Waals surface area contributed by atoms with Crippen LogP contribution >= 0.6 is 12.4 Å². The number of benzene rings is 1. The van der Waals surface area contributed by atoms with Crippen molar-refractivity contribution in [2.75, 3.05) is 39.4 Å². The van der Waals surface area contributed by atoms with E-state index in [9.17, 15) is 4.79 Å². The normalized spacial score (nSPS) is 11.4. The Morgan fingerprint density at radius 1 is 1.29 bits per heavy atom. The molecule has 0 aliphatic carbocycles. The van der Waals surface area contributed by atoms with Crippen molar-refractivity contribution in [3.05, 3.63) is 23.8 Å². The van der Waals surface area contributed by atoms with E-state index < -0.39 is 6.04 Å². The van der Waals surface area contributed by atoms with E-state index in [0.29, 0.717) is 24.7 Å². The quantitative estimate of drug-likeness (QED) is 0.707. The molecule has 0 fully saturated rings.